The van der Waals surface area contributed by atoms with Crippen LogP contribution in [0, 0.1) is 6.92 Å². The molecule has 1 fully saturated rings. The van der Waals surface area contributed by atoms with E-state index >= 15 is 0 Å². The highest BCUT2D eigenvalue weighted by Crippen LogP contribution is 2.33. The van der Waals surface area contributed by atoms with Crippen molar-refractivity contribution in [3.8, 4) is 22.7 Å². The highest BCUT2D eigenvalue weighted by molar-refractivity contribution is 7.91. The van der Waals surface area contributed by atoms with Gasteiger partial charge in [0.25, 0.3) is 0 Å². The Balaban J connectivity index is 1.44. The number of aromatic nitrogens is 6. The molecular formula is C27H27F2N7O3S. The van der Waals surface area contributed by atoms with Crippen LogP contribution in [0.1, 0.15) is 25.0 Å². The van der Waals surface area contributed by atoms with Gasteiger partial charge in [0.15, 0.2) is 21.2 Å². The van der Waals surface area contributed by atoms with Crippen molar-refractivity contribution < 1.29 is 21.9 Å². The SMILES string of the molecule is Cc1nn(-c2cc(S(=O)(=O)CCN3CCCCC3)ccc2OC(F)F)c2cc(-c3cnn4cccnc34)ncc12. The second kappa shape index (κ2) is 10.5. The van der Waals surface area contributed by atoms with Gasteiger partial charge in [0, 0.05) is 30.5 Å². The van der Waals surface area contributed by atoms with Crippen LogP contribution in [-0.4, -0.2) is 74.7 Å². The second-order valence-corrected chi connectivity index (χ2v) is 11.9. The van der Waals surface area contributed by atoms with E-state index in [1.165, 1.54) is 22.9 Å². The Bertz CT molecular complexity index is 1800. The van der Waals surface area contributed by atoms with E-state index < -0.39 is 16.4 Å². The van der Waals surface area contributed by atoms with E-state index in [0.29, 0.717) is 40.0 Å². The highest BCUT2D eigenvalue weighted by Gasteiger charge is 2.23. The third kappa shape index (κ3) is 5.02. The topological polar surface area (TPSA) is 108 Å². The summed E-state index contributed by atoms with van der Waals surface area (Å²) in [6.07, 6.45) is 9.96. The molecule has 40 heavy (non-hydrogen) atoms. The number of ether oxygens (including phenoxy) is 1. The van der Waals surface area contributed by atoms with Crippen molar-refractivity contribution in [2.45, 2.75) is 37.7 Å². The Morgan fingerprint density at radius 3 is 2.70 bits per heavy atom. The first-order valence-corrected chi connectivity index (χ1v) is 14.6. The molecule has 0 spiro atoms. The van der Waals surface area contributed by atoms with Gasteiger partial charge in [-0.15, -0.1) is 0 Å². The standard InChI is InChI=1S/C27H27F2N7O3S/c1-18-20-16-31-22(21-17-32-35-11-5-8-30-26(21)35)15-23(20)36(33-18)24-14-19(6-7-25(24)39-27(28)29)40(37,38)13-12-34-9-3-2-4-10-34/h5-8,11,14-17,27H,2-4,9-10,12-13H2,1H3. The Morgan fingerprint density at radius 2 is 1.90 bits per heavy atom. The molecule has 1 aromatic carbocycles. The maximum absolute atomic E-state index is 13.4. The Morgan fingerprint density at radius 1 is 1.07 bits per heavy atom. The minimum atomic E-state index is -3.71. The minimum absolute atomic E-state index is 0.0172. The summed E-state index contributed by atoms with van der Waals surface area (Å²) < 4.78 is 61.3. The summed E-state index contributed by atoms with van der Waals surface area (Å²) in [6.45, 7) is 0.826. The van der Waals surface area contributed by atoms with Gasteiger partial charge in [-0.3, -0.25) is 4.98 Å². The number of nitrogens with zero attached hydrogens (tertiary/aromatic N) is 7. The number of pyridine rings is 1. The number of aryl methyl sites for hydroxylation is 1. The first-order valence-electron chi connectivity index (χ1n) is 13.0. The van der Waals surface area contributed by atoms with Crippen molar-refractivity contribution in [3.63, 3.8) is 0 Å². The van der Waals surface area contributed by atoms with E-state index in [1.807, 2.05) is 0 Å². The van der Waals surface area contributed by atoms with E-state index in [1.54, 1.807) is 48.4 Å². The van der Waals surface area contributed by atoms with Crippen LogP contribution in [0.3, 0.4) is 0 Å². The van der Waals surface area contributed by atoms with Gasteiger partial charge in [0.2, 0.25) is 0 Å². The molecule has 6 rings (SSSR count). The summed E-state index contributed by atoms with van der Waals surface area (Å²) in [6, 6.07) is 7.44. The number of likely N-dealkylation sites (tertiary alicyclic amines) is 1. The number of hydrogen-bond acceptors (Lipinski definition) is 8. The summed E-state index contributed by atoms with van der Waals surface area (Å²) in [5.41, 5.74) is 3.04. The number of rotatable bonds is 8. The molecule has 1 aliphatic heterocycles. The monoisotopic (exact) mass is 567 g/mol. The third-order valence-corrected chi connectivity index (χ3v) is 8.86. The van der Waals surface area contributed by atoms with Crippen molar-refractivity contribution in [3.05, 3.63) is 60.8 Å². The van der Waals surface area contributed by atoms with E-state index in [9.17, 15) is 17.2 Å². The average molecular weight is 568 g/mol. The molecule has 0 atom stereocenters. The van der Waals surface area contributed by atoms with E-state index in [4.69, 9.17) is 4.74 Å². The molecular weight excluding hydrogens is 540 g/mol. The molecule has 0 N–H and O–H groups in total. The molecule has 5 aromatic rings. The molecule has 0 unspecified atom stereocenters. The van der Waals surface area contributed by atoms with Gasteiger partial charge in [0.05, 0.1) is 39.3 Å². The lowest BCUT2D eigenvalue weighted by Gasteiger charge is -2.26. The minimum Gasteiger partial charge on any atom is -0.433 e. The van der Waals surface area contributed by atoms with E-state index in [2.05, 4.69) is 25.1 Å². The zero-order valence-corrected chi connectivity index (χ0v) is 22.6. The van der Waals surface area contributed by atoms with E-state index in [0.717, 1.165) is 32.4 Å². The normalized spacial score (nSPS) is 14.9. The van der Waals surface area contributed by atoms with Gasteiger partial charge >= 0.3 is 6.61 Å². The Kier molecular flexibility index (Phi) is 6.92. The first kappa shape index (κ1) is 26.3. The molecule has 0 saturated carbocycles. The molecule has 0 bridgehead atoms. The fraction of sp³-hybridized carbons (Fsp3) is 0.333. The summed E-state index contributed by atoms with van der Waals surface area (Å²) in [7, 11) is -3.71. The molecule has 0 aliphatic carbocycles. The first-order chi connectivity index (χ1) is 19.3. The van der Waals surface area contributed by atoms with Crippen LogP contribution in [0.2, 0.25) is 0 Å². The summed E-state index contributed by atoms with van der Waals surface area (Å²) >= 11 is 0. The summed E-state index contributed by atoms with van der Waals surface area (Å²) in [5.74, 6) is -0.263. The van der Waals surface area contributed by atoms with E-state index in [-0.39, 0.29) is 22.1 Å². The van der Waals surface area contributed by atoms with Crippen LogP contribution in [0.5, 0.6) is 5.75 Å². The number of sulfone groups is 1. The fourth-order valence-electron chi connectivity index (χ4n) is 5.10. The van der Waals surface area contributed by atoms with Crippen LogP contribution in [0.4, 0.5) is 8.78 Å². The van der Waals surface area contributed by atoms with Gasteiger partial charge in [0.1, 0.15) is 5.69 Å². The van der Waals surface area contributed by atoms with Crippen LogP contribution < -0.4 is 4.74 Å². The smallest absolute Gasteiger partial charge is 0.387 e. The van der Waals surface area contributed by atoms with Crippen LogP contribution in [0.25, 0.3) is 33.5 Å². The maximum Gasteiger partial charge on any atom is 0.387 e. The summed E-state index contributed by atoms with van der Waals surface area (Å²) in [4.78, 5) is 11.1. The highest BCUT2D eigenvalue weighted by atomic mass is 32.2. The lowest BCUT2D eigenvalue weighted by atomic mass is 10.1. The zero-order valence-electron chi connectivity index (χ0n) is 21.7. The molecule has 0 amide bonds. The fourth-order valence-corrected chi connectivity index (χ4v) is 6.40. The maximum atomic E-state index is 13.4. The van der Waals surface area contributed by atoms with Crippen molar-refractivity contribution in [1.82, 2.24) is 34.3 Å². The predicted molar refractivity (Wildman–Crippen MR) is 145 cm³/mol. The molecule has 5 heterocycles. The second-order valence-electron chi connectivity index (χ2n) is 9.76. The van der Waals surface area contributed by atoms with Crippen molar-refractivity contribution in [2.75, 3.05) is 25.4 Å². The number of benzene rings is 1. The predicted octanol–water partition coefficient (Wildman–Crippen LogP) is 4.30. The van der Waals surface area contributed by atoms with Crippen molar-refractivity contribution >= 4 is 26.4 Å². The van der Waals surface area contributed by atoms with Crippen LogP contribution in [0.15, 0.2) is 60.0 Å². The number of piperidine rings is 1. The molecule has 13 heteroatoms. The quantitative estimate of drug-likeness (QED) is 0.273. The molecule has 1 saturated heterocycles. The number of alkyl halides is 2. The Hall–Kier alpha value is -3.97. The molecule has 0 radical (unpaired) electrons. The van der Waals surface area contributed by atoms with Gasteiger partial charge < -0.3 is 9.64 Å². The van der Waals surface area contributed by atoms with Gasteiger partial charge in [-0.1, -0.05) is 6.42 Å². The molecule has 10 nitrogen and oxygen atoms in total. The average Bonchev–Trinajstić information content (AvgIpc) is 3.53. The lowest BCUT2D eigenvalue weighted by molar-refractivity contribution is -0.0499. The summed E-state index contributed by atoms with van der Waals surface area (Å²) in [5, 5.41) is 9.56. The zero-order chi connectivity index (χ0) is 27.9. The third-order valence-electron chi connectivity index (χ3n) is 7.16. The van der Waals surface area contributed by atoms with Crippen LogP contribution in [-0.2, 0) is 9.84 Å². The molecule has 208 valence electrons. The van der Waals surface area contributed by atoms with Gasteiger partial charge in [-0.25, -0.2) is 22.6 Å². The Labute approximate surface area is 229 Å². The van der Waals surface area contributed by atoms with Gasteiger partial charge in [-0.2, -0.15) is 19.0 Å². The molecule has 1 aliphatic rings. The van der Waals surface area contributed by atoms with Crippen molar-refractivity contribution in [2.24, 2.45) is 0 Å². The van der Waals surface area contributed by atoms with Crippen LogP contribution >= 0.6 is 0 Å². The lowest BCUT2D eigenvalue weighted by Crippen LogP contribution is -2.33. The number of halogens is 2. The largest absolute Gasteiger partial charge is 0.433 e. The number of fused-ring (bicyclic) bond motifs is 2. The van der Waals surface area contributed by atoms with Gasteiger partial charge in [-0.05, 0) is 63.2 Å². The number of hydrogen-bond donors (Lipinski definition) is 0. The molecule has 4 aromatic heterocycles. The van der Waals surface area contributed by atoms with Crippen molar-refractivity contribution in [1.29, 1.82) is 0 Å².